The molecule has 1 heterocycles. The predicted octanol–water partition coefficient (Wildman–Crippen LogP) is 4.55. The maximum atomic E-state index is 13.7. The van der Waals surface area contributed by atoms with Gasteiger partial charge in [0.25, 0.3) is 10.0 Å². The highest BCUT2D eigenvalue weighted by atomic mass is 32.2. The first-order valence-electron chi connectivity index (χ1n) is 9.90. The quantitative estimate of drug-likeness (QED) is 0.568. The highest BCUT2D eigenvalue weighted by molar-refractivity contribution is 7.89. The van der Waals surface area contributed by atoms with Gasteiger partial charge in [-0.05, 0) is 36.2 Å². The molecule has 0 aliphatic carbocycles. The van der Waals surface area contributed by atoms with E-state index in [0.29, 0.717) is 29.2 Å². The van der Waals surface area contributed by atoms with Crippen LogP contribution in [0.25, 0.3) is 0 Å². The second kappa shape index (κ2) is 8.43. The standard InChI is InChI=1S/C24H24N2O4S/c1-17-9-7-8-12-24(17)31(27,28)26-22(16-21(25-26)18-10-5-4-6-11-18)20-14-13-19(29-2)15-23(20)30-3/h4-15,22H,16H2,1-3H3/t22-/m0/s1. The van der Waals surface area contributed by atoms with Gasteiger partial charge >= 0.3 is 0 Å². The molecule has 0 saturated carbocycles. The Hall–Kier alpha value is -3.32. The lowest BCUT2D eigenvalue weighted by Crippen LogP contribution is -2.28. The fourth-order valence-electron chi connectivity index (χ4n) is 3.79. The Morgan fingerprint density at radius 3 is 2.32 bits per heavy atom. The summed E-state index contributed by atoms with van der Waals surface area (Å²) < 4.78 is 39.5. The van der Waals surface area contributed by atoms with Crippen LogP contribution in [0, 0.1) is 6.92 Å². The minimum atomic E-state index is -3.89. The van der Waals surface area contributed by atoms with Crippen LogP contribution < -0.4 is 9.47 Å². The Morgan fingerprint density at radius 1 is 0.935 bits per heavy atom. The van der Waals surface area contributed by atoms with Crippen LogP contribution in [-0.4, -0.2) is 32.8 Å². The van der Waals surface area contributed by atoms with Crippen LogP contribution in [0.15, 0.2) is 82.8 Å². The number of hydrazone groups is 1. The Kier molecular flexibility index (Phi) is 5.69. The van der Waals surface area contributed by atoms with Crippen LogP contribution in [0.5, 0.6) is 11.5 Å². The molecule has 0 unspecified atom stereocenters. The lowest BCUT2D eigenvalue weighted by Gasteiger charge is -2.25. The molecule has 0 N–H and O–H groups in total. The lowest BCUT2D eigenvalue weighted by molar-refractivity contribution is 0.346. The number of aryl methyl sites for hydroxylation is 1. The van der Waals surface area contributed by atoms with Crippen LogP contribution in [0.1, 0.15) is 29.2 Å². The zero-order valence-electron chi connectivity index (χ0n) is 17.6. The maximum Gasteiger partial charge on any atom is 0.279 e. The summed E-state index contributed by atoms with van der Waals surface area (Å²) in [5.74, 6) is 1.19. The second-order valence-corrected chi connectivity index (χ2v) is 9.05. The third-order valence-electron chi connectivity index (χ3n) is 5.40. The summed E-state index contributed by atoms with van der Waals surface area (Å²) >= 11 is 0. The number of hydrogen-bond donors (Lipinski definition) is 0. The fourth-order valence-corrected chi connectivity index (χ4v) is 5.44. The number of benzene rings is 3. The van der Waals surface area contributed by atoms with E-state index in [1.54, 1.807) is 51.5 Å². The van der Waals surface area contributed by atoms with E-state index < -0.39 is 16.1 Å². The number of hydrogen-bond acceptors (Lipinski definition) is 5. The Balaban J connectivity index is 1.86. The molecule has 3 aromatic rings. The summed E-state index contributed by atoms with van der Waals surface area (Å²) in [5.41, 5.74) is 3.00. The summed E-state index contributed by atoms with van der Waals surface area (Å²) in [4.78, 5) is 0.241. The van der Waals surface area contributed by atoms with Crippen molar-refractivity contribution in [3.8, 4) is 11.5 Å². The summed E-state index contributed by atoms with van der Waals surface area (Å²) in [7, 11) is -0.748. The normalized spacial score (nSPS) is 16.2. The zero-order valence-corrected chi connectivity index (χ0v) is 18.5. The number of rotatable bonds is 6. The first kappa shape index (κ1) is 20.9. The summed E-state index contributed by atoms with van der Waals surface area (Å²) in [5, 5.41) is 4.60. The largest absolute Gasteiger partial charge is 0.497 e. The third kappa shape index (κ3) is 3.88. The lowest BCUT2D eigenvalue weighted by atomic mass is 9.98. The molecular weight excluding hydrogens is 412 g/mol. The Bertz CT molecular complexity index is 1220. The van der Waals surface area contributed by atoms with Gasteiger partial charge in [0.2, 0.25) is 0 Å². The minimum absolute atomic E-state index is 0.241. The zero-order chi connectivity index (χ0) is 22.0. The highest BCUT2D eigenvalue weighted by Crippen LogP contribution is 2.42. The molecule has 160 valence electrons. The first-order chi connectivity index (χ1) is 15.0. The Labute approximate surface area is 182 Å². The number of ether oxygens (including phenoxy) is 2. The maximum absolute atomic E-state index is 13.7. The molecule has 0 bridgehead atoms. The SMILES string of the molecule is COc1ccc([C@@H]2CC(c3ccccc3)=NN2S(=O)(=O)c2ccccc2C)c(OC)c1. The number of methoxy groups -OCH3 is 2. The molecule has 1 aliphatic rings. The molecule has 3 aromatic carbocycles. The van der Waals surface area contributed by atoms with Gasteiger partial charge < -0.3 is 9.47 Å². The second-order valence-electron chi connectivity index (χ2n) is 7.28. The average molecular weight is 437 g/mol. The van der Waals surface area contributed by atoms with E-state index in [4.69, 9.17) is 9.47 Å². The van der Waals surface area contributed by atoms with Crippen molar-refractivity contribution in [1.29, 1.82) is 0 Å². The molecule has 1 aliphatic heterocycles. The van der Waals surface area contributed by atoms with Gasteiger partial charge in [-0.15, -0.1) is 0 Å². The van der Waals surface area contributed by atoms with Gasteiger partial charge in [0.1, 0.15) is 11.5 Å². The van der Waals surface area contributed by atoms with E-state index in [2.05, 4.69) is 5.10 Å². The smallest absolute Gasteiger partial charge is 0.279 e. The molecule has 7 heteroatoms. The van der Waals surface area contributed by atoms with Gasteiger partial charge in [-0.1, -0.05) is 48.5 Å². The highest BCUT2D eigenvalue weighted by Gasteiger charge is 2.39. The van der Waals surface area contributed by atoms with Gasteiger partial charge in [-0.2, -0.15) is 17.9 Å². The van der Waals surface area contributed by atoms with Crippen molar-refractivity contribution in [1.82, 2.24) is 4.41 Å². The van der Waals surface area contributed by atoms with Gasteiger partial charge in [-0.25, -0.2) is 0 Å². The van der Waals surface area contributed by atoms with E-state index in [0.717, 1.165) is 11.1 Å². The van der Waals surface area contributed by atoms with Crippen molar-refractivity contribution in [2.75, 3.05) is 14.2 Å². The van der Waals surface area contributed by atoms with Crippen molar-refractivity contribution in [3.05, 3.63) is 89.5 Å². The van der Waals surface area contributed by atoms with E-state index >= 15 is 0 Å². The van der Waals surface area contributed by atoms with Crippen LogP contribution in [0.4, 0.5) is 0 Å². The van der Waals surface area contributed by atoms with Gasteiger partial charge in [-0.3, -0.25) is 0 Å². The van der Waals surface area contributed by atoms with Crippen LogP contribution >= 0.6 is 0 Å². The molecule has 31 heavy (non-hydrogen) atoms. The Morgan fingerprint density at radius 2 is 1.65 bits per heavy atom. The van der Waals surface area contributed by atoms with E-state index in [-0.39, 0.29) is 4.90 Å². The molecule has 6 nitrogen and oxygen atoms in total. The molecular formula is C24H24N2O4S. The van der Waals surface area contributed by atoms with Crippen molar-refractivity contribution in [2.24, 2.45) is 5.10 Å². The summed E-state index contributed by atoms with van der Waals surface area (Å²) in [6.45, 7) is 1.79. The molecule has 0 radical (unpaired) electrons. The third-order valence-corrected chi connectivity index (χ3v) is 7.24. The fraction of sp³-hybridized carbons (Fsp3) is 0.208. The predicted molar refractivity (Wildman–Crippen MR) is 120 cm³/mol. The van der Waals surface area contributed by atoms with Crippen LogP contribution in [-0.2, 0) is 10.0 Å². The average Bonchev–Trinajstić information content (AvgIpc) is 3.25. The summed E-state index contributed by atoms with van der Waals surface area (Å²) in [6.07, 6.45) is 0.428. The summed E-state index contributed by atoms with van der Waals surface area (Å²) in [6, 6.07) is 21.4. The number of sulfonamides is 1. The minimum Gasteiger partial charge on any atom is -0.497 e. The molecule has 1 atom stereocenters. The van der Waals surface area contributed by atoms with Crippen LogP contribution in [0.2, 0.25) is 0 Å². The number of nitrogens with zero attached hydrogens (tertiary/aromatic N) is 2. The molecule has 0 aromatic heterocycles. The van der Waals surface area contributed by atoms with Gasteiger partial charge in [0.05, 0.1) is 30.9 Å². The van der Waals surface area contributed by atoms with Crippen LogP contribution in [0.3, 0.4) is 0 Å². The van der Waals surface area contributed by atoms with Crippen molar-refractivity contribution in [2.45, 2.75) is 24.3 Å². The van der Waals surface area contributed by atoms with Crippen molar-refractivity contribution < 1.29 is 17.9 Å². The van der Waals surface area contributed by atoms with E-state index in [1.165, 1.54) is 4.41 Å². The van der Waals surface area contributed by atoms with E-state index in [9.17, 15) is 8.42 Å². The molecule has 4 rings (SSSR count). The molecule has 0 amide bonds. The van der Waals surface area contributed by atoms with Gasteiger partial charge in [0.15, 0.2) is 0 Å². The van der Waals surface area contributed by atoms with Crippen molar-refractivity contribution in [3.63, 3.8) is 0 Å². The van der Waals surface area contributed by atoms with E-state index in [1.807, 2.05) is 42.5 Å². The molecule has 0 fully saturated rings. The van der Waals surface area contributed by atoms with Crippen molar-refractivity contribution >= 4 is 15.7 Å². The molecule has 0 saturated heterocycles. The monoisotopic (exact) mass is 436 g/mol. The topological polar surface area (TPSA) is 68.2 Å². The first-order valence-corrected chi connectivity index (χ1v) is 11.3. The van der Waals surface area contributed by atoms with Gasteiger partial charge in [0, 0.05) is 18.1 Å². The molecule has 0 spiro atoms.